The largest absolute Gasteiger partial charge is 0.389 e. The molecule has 4 rings (SSSR count). The molecular weight excluding hydrogens is 505 g/mol. The van der Waals surface area contributed by atoms with E-state index in [1.807, 2.05) is 37.3 Å². The molecule has 3 N–H and O–H groups in total. The standard InChI is InChI=1S/C26H31Cl2N3O5/c1-16(17-5-3-2-4-6-17)29-25(33)12-22-7-8-23-24(36-22)15-35-14-21(32)13-31(23)26(34)30-20-10-18(27)9-19(28)11-20/h2-6,9-11,16,21-24,32H,7-8,12-15H2,1H3,(H,29,33)(H,30,34)/t16-,21-,22+,23+,24-/m0/s1. The predicted molar refractivity (Wildman–Crippen MR) is 138 cm³/mol. The first-order chi connectivity index (χ1) is 17.3. The van der Waals surface area contributed by atoms with Crippen LogP contribution in [-0.2, 0) is 14.3 Å². The summed E-state index contributed by atoms with van der Waals surface area (Å²) in [6.45, 7) is 2.33. The van der Waals surface area contributed by atoms with Crippen LogP contribution in [0.3, 0.4) is 0 Å². The number of halogens is 2. The van der Waals surface area contributed by atoms with Crippen molar-refractivity contribution in [3.63, 3.8) is 0 Å². The Morgan fingerprint density at radius 2 is 1.83 bits per heavy atom. The number of hydrogen-bond donors (Lipinski definition) is 3. The highest BCUT2D eigenvalue weighted by Crippen LogP contribution is 2.29. The van der Waals surface area contributed by atoms with Crippen molar-refractivity contribution in [2.75, 3.05) is 25.1 Å². The van der Waals surface area contributed by atoms with E-state index < -0.39 is 12.2 Å². The quantitative estimate of drug-likeness (QED) is 0.526. The molecule has 0 radical (unpaired) electrons. The summed E-state index contributed by atoms with van der Waals surface area (Å²) in [7, 11) is 0. The molecule has 2 aromatic carbocycles. The zero-order valence-electron chi connectivity index (χ0n) is 20.0. The number of β-amino-alcohol motifs (C(OH)–C–C–N with tert-alkyl or cyclic N) is 1. The fourth-order valence-electron chi connectivity index (χ4n) is 4.73. The van der Waals surface area contributed by atoms with Gasteiger partial charge in [-0.2, -0.15) is 0 Å². The van der Waals surface area contributed by atoms with E-state index in [0.717, 1.165) is 5.56 Å². The summed E-state index contributed by atoms with van der Waals surface area (Å²) in [4.78, 5) is 27.5. The maximum atomic E-state index is 13.2. The number of benzene rings is 2. The van der Waals surface area contributed by atoms with E-state index in [9.17, 15) is 14.7 Å². The first-order valence-electron chi connectivity index (χ1n) is 12.1. The van der Waals surface area contributed by atoms with Gasteiger partial charge in [0.05, 0.1) is 50.5 Å². The monoisotopic (exact) mass is 535 g/mol. The van der Waals surface area contributed by atoms with Gasteiger partial charge >= 0.3 is 6.03 Å². The molecule has 0 unspecified atom stereocenters. The summed E-state index contributed by atoms with van der Waals surface area (Å²) in [6.07, 6.45) is -0.130. The first kappa shape index (κ1) is 26.7. The number of nitrogens with one attached hydrogen (secondary N) is 2. The van der Waals surface area contributed by atoms with Crippen LogP contribution in [0.2, 0.25) is 10.0 Å². The van der Waals surface area contributed by atoms with Crippen LogP contribution < -0.4 is 10.6 Å². The SMILES string of the molecule is C[C@H](NC(=O)C[C@H]1CC[C@@H]2[C@H](COC[C@@H](O)CN2C(=O)Nc2cc(Cl)cc(Cl)c2)O1)c1ccccc1. The van der Waals surface area contributed by atoms with Gasteiger partial charge < -0.3 is 30.1 Å². The lowest BCUT2D eigenvalue weighted by molar-refractivity contribution is -0.150. The Bertz CT molecular complexity index is 1040. The maximum Gasteiger partial charge on any atom is 0.322 e. The van der Waals surface area contributed by atoms with E-state index in [0.29, 0.717) is 28.6 Å². The minimum absolute atomic E-state index is 0.0824. The number of aliphatic hydroxyl groups excluding tert-OH is 1. The van der Waals surface area contributed by atoms with Crippen LogP contribution in [0.25, 0.3) is 0 Å². The lowest BCUT2D eigenvalue weighted by Crippen LogP contribution is -2.58. The number of nitrogens with zero attached hydrogens (tertiary/aromatic N) is 1. The Kier molecular flexibility index (Phi) is 9.09. The van der Waals surface area contributed by atoms with Crippen LogP contribution in [-0.4, -0.2) is 66.1 Å². The number of ether oxygens (including phenoxy) is 2. The van der Waals surface area contributed by atoms with Crippen molar-refractivity contribution in [1.29, 1.82) is 0 Å². The smallest absolute Gasteiger partial charge is 0.322 e. The number of urea groups is 1. The summed E-state index contributed by atoms with van der Waals surface area (Å²) >= 11 is 12.1. The summed E-state index contributed by atoms with van der Waals surface area (Å²) in [5.41, 5.74) is 1.49. The lowest BCUT2D eigenvalue weighted by Gasteiger charge is -2.44. The zero-order valence-corrected chi connectivity index (χ0v) is 21.5. The highest BCUT2D eigenvalue weighted by atomic mass is 35.5. The molecule has 2 aliphatic heterocycles. The molecule has 10 heteroatoms. The highest BCUT2D eigenvalue weighted by Gasteiger charge is 2.40. The third-order valence-corrected chi connectivity index (χ3v) is 6.88. The number of anilines is 1. The average molecular weight is 536 g/mol. The third kappa shape index (κ3) is 7.11. The molecule has 2 aromatic rings. The van der Waals surface area contributed by atoms with Gasteiger partial charge in [-0.25, -0.2) is 4.79 Å². The minimum atomic E-state index is -0.831. The van der Waals surface area contributed by atoms with Crippen LogP contribution in [0.15, 0.2) is 48.5 Å². The first-order valence-corrected chi connectivity index (χ1v) is 12.8. The number of aliphatic hydroxyl groups is 1. The van der Waals surface area contributed by atoms with Crippen LogP contribution in [0.4, 0.5) is 10.5 Å². The van der Waals surface area contributed by atoms with E-state index in [1.165, 1.54) is 0 Å². The molecule has 5 atom stereocenters. The number of carbonyl (C=O) groups is 2. The molecule has 8 nitrogen and oxygen atoms in total. The van der Waals surface area contributed by atoms with Gasteiger partial charge in [0.2, 0.25) is 5.91 Å². The molecule has 0 spiro atoms. The van der Waals surface area contributed by atoms with Crippen molar-refractivity contribution in [3.8, 4) is 0 Å². The highest BCUT2D eigenvalue weighted by molar-refractivity contribution is 6.35. The van der Waals surface area contributed by atoms with E-state index in [4.69, 9.17) is 32.7 Å². The van der Waals surface area contributed by atoms with Gasteiger partial charge in [0.25, 0.3) is 0 Å². The Hall–Kier alpha value is -2.36. The molecule has 2 fully saturated rings. The molecule has 0 saturated carbocycles. The predicted octanol–water partition coefficient (Wildman–Crippen LogP) is 4.40. The average Bonchev–Trinajstić information content (AvgIpc) is 2.81. The van der Waals surface area contributed by atoms with Gasteiger partial charge in [0, 0.05) is 15.7 Å². The van der Waals surface area contributed by atoms with Crippen LogP contribution in [0.1, 0.15) is 37.8 Å². The van der Waals surface area contributed by atoms with E-state index in [2.05, 4.69) is 10.6 Å². The van der Waals surface area contributed by atoms with Crippen LogP contribution in [0, 0.1) is 0 Å². The molecule has 36 heavy (non-hydrogen) atoms. The van der Waals surface area contributed by atoms with Crippen molar-refractivity contribution in [2.45, 2.75) is 56.6 Å². The molecular formula is C26H31Cl2N3O5. The number of fused-ring (bicyclic) bond motifs is 1. The molecule has 0 aliphatic carbocycles. The molecule has 2 heterocycles. The second-order valence-corrected chi connectivity index (χ2v) is 10.2. The van der Waals surface area contributed by atoms with E-state index >= 15 is 0 Å². The number of carbonyl (C=O) groups excluding carboxylic acids is 2. The summed E-state index contributed by atoms with van der Waals surface area (Å²) in [6, 6.07) is 13.7. The molecule has 0 bridgehead atoms. The Balaban J connectivity index is 1.39. The van der Waals surface area contributed by atoms with Crippen molar-refractivity contribution in [3.05, 3.63) is 64.1 Å². The third-order valence-electron chi connectivity index (χ3n) is 6.45. The van der Waals surface area contributed by atoms with E-state index in [1.54, 1.807) is 23.1 Å². The fraction of sp³-hybridized carbons (Fsp3) is 0.462. The van der Waals surface area contributed by atoms with Gasteiger partial charge in [-0.3, -0.25) is 4.79 Å². The van der Waals surface area contributed by atoms with Crippen molar-refractivity contribution in [2.24, 2.45) is 0 Å². The van der Waals surface area contributed by atoms with Gasteiger partial charge in [-0.05, 0) is 43.5 Å². The summed E-state index contributed by atoms with van der Waals surface area (Å²) in [5.74, 6) is -0.0931. The molecule has 194 valence electrons. The van der Waals surface area contributed by atoms with Crippen LogP contribution >= 0.6 is 23.2 Å². The van der Waals surface area contributed by atoms with Gasteiger partial charge in [0.1, 0.15) is 6.10 Å². The van der Waals surface area contributed by atoms with Crippen molar-refractivity contribution >= 4 is 40.8 Å². The molecule has 2 aliphatic rings. The second kappa shape index (κ2) is 12.3. The number of amides is 3. The van der Waals surface area contributed by atoms with Gasteiger partial charge in [0.15, 0.2) is 0 Å². The number of hydrogen-bond acceptors (Lipinski definition) is 5. The molecule has 3 amide bonds. The number of rotatable bonds is 5. The molecule has 2 saturated heterocycles. The fourth-order valence-corrected chi connectivity index (χ4v) is 5.25. The maximum absolute atomic E-state index is 13.2. The van der Waals surface area contributed by atoms with Gasteiger partial charge in [-0.15, -0.1) is 0 Å². The summed E-state index contributed by atoms with van der Waals surface area (Å²) < 4.78 is 11.9. The minimum Gasteiger partial charge on any atom is -0.389 e. The Morgan fingerprint density at radius 1 is 1.11 bits per heavy atom. The zero-order chi connectivity index (χ0) is 25.7. The lowest BCUT2D eigenvalue weighted by atomic mass is 9.94. The summed E-state index contributed by atoms with van der Waals surface area (Å²) in [5, 5.41) is 17.0. The normalized spacial score (nSPS) is 25.2. The van der Waals surface area contributed by atoms with Crippen molar-refractivity contribution in [1.82, 2.24) is 10.2 Å². The topological polar surface area (TPSA) is 100 Å². The Morgan fingerprint density at radius 3 is 2.56 bits per heavy atom. The van der Waals surface area contributed by atoms with E-state index in [-0.39, 0.29) is 56.3 Å². The second-order valence-electron chi connectivity index (χ2n) is 9.28. The van der Waals surface area contributed by atoms with Crippen LogP contribution in [0.5, 0.6) is 0 Å². The Labute approximate surface area is 220 Å². The van der Waals surface area contributed by atoms with Gasteiger partial charge in [-0.1, -0.05) is 53.5 Å². The molecule has 0 aromatic heterocycles. The van der Waals surface area contributed by atoms with Crippen molar-refractivity contribution < 1.29 is 24.2 Å².